The topological polar surface area (TPSA) is 0 Å². The quantitative estimate of drug-likeness (QED) is 0.572. The van der Waals surface area contributed by atoms with E-state index in [0.29, 0.717) is 0 Å². The molecule has 3 unspecified atom stereocenters. The van der Waals surface area contributed by atoms with Gasteiger partial charge in [-0.3, -0.25) is 0 Å². The van der Waals surface area contributed by atoms with E-state index in [-0.39, 0.29) is 0 Å². The van der Waals surface area contributed by atoms with E-state index in [1.807, 2.05) is 0 Å². The van der Waals surface area contributed by atoms with Crippen LogP contribution in [0.15, 0.2) is 30.3 Å². The van der Waals surface area contributed by atoms with Gasteiger partial charge in [-0.2, -0.15) is 0 Å². The van der Waals surface area contributed by atoms with E-state index in [1.165, 1.54) is 51.4 Å². The van der Waals surface area contributed by atoms with Crippen LogP contribution in [-0.4, -0.2) is 0 Å². The number of hydrogen-bond acceptors (Lipinski definition) is 0. The van der Waals surface area contributed by atoms with Crippen LogP contribution in [-0.2, 0) is 0 Å². The second-order valence-electron chi connectivity index (χ2n) is 6.32. The van der Waals surface area contributed by atoms with Crippen LogP contribution in [0.25, 0.3) is 0 Å². The summed E-state index contributed by atoms with van der Waals surface area (Å²) in [6.07, 6.45) is 11.3. The molecule has 1 aliphatic rings. The Kier molecular flexibility index (Phi) is 5.94. The van der Waals surface area contributed by atoms with E-state index >= 15 is 0 Å². The van der Waals surface area contributed by atoms with E-state index in [2.05, 4.69) is 44.2 Å². The van der Waals surface area contributed by atoms with Crippen molar-refractivity contribution in [2.24, 2.45) is 11.8 Å². The van der Waals surface area contributed by atoms with Crippen LogP contribution in [0.1, 0.15) is 76.7 Å². The van der Waals surface area contributed by atoms with E-state index < -0.39 is 0 Å². The predicted octanol–water partition coefficient (Wildman–Crippen LogP) is 6.18. The summed E-state index contributed by atoms with van der Waals surface area (Å²) < 4.78 is 0. The Labute approximate surface area is 119 Å². The monoisotopic (exact) mass is 258 g/mol. The lowest BCUT2D eigenvalue weighted by Gasteiger charge is -2.39. The third kappa shape index (κ3) is 3.84. The Morgan fingerprint density at radius 3 is 2.21 bits per heavy atom. The molecule has 1 aromatic carbocycles. The van der Waals surface area contributed by atoms with Crippen LogP contribution < -0.4 is 0 Å². The van der Waals surface area contributed by atoms with Crippen LogP contribution in [0.2, 0.25) is 0 Å². The van der Waals surface area contributed by atoms with E-state index in [9.17, 15) is 0 Å². The second kappa shape index (κ2) is 7.72. The van der Waals surface area contributed by atoms with Crippen LogP contribution >= 0.6 is 0 Å². The van der Waals surface area contributed by atoms with Crippen molar-refractivity contribution < 1.29 is 0 Å². The van der Waals surface area contributed by atoms with Crippen molar-refractivity contribution in [3.05, 3.63) is 35.9 Å². The standard InChI is InChI=1S/C19H30/c1-3-5-11-17-15-9-14-16(10-4-2)19(17)18-12-7-6-8-13-18/h6-8,12-13,16-17,19H,3-5,9-11,14-15H2,1-2H3. The van der Waals surface area contributed by atoms with Gasteiger partial charge in [-0.05, 0) is 42.6 Å². The van der Waals surface area contributed by atoms with Crippen molar-refractivity contribution in [2.45, 2.75) is 71.1 Å². The second-order valence-corrected chi connectivity index (χ2v) is 6.32. The van der Waals surface area contributed by atoms with Gasteiger partial charge in [0.15, 0.2) is 0 Å². The van der Waals surface area contributed by atoms with Crippen molar-refractivity contribution in [1.29, 1.82) is 0 Å². The van der Waals surface area contributed by atoms with Gasteiger partial charge >= 0.3 is 0 Å². The molecule has 0 aromatic heterocycles. The third-order valence-electron chi connectivity index (χ3n) is 4.94. The van der Waals surface area contributed by atoms with Crippen molar-refractivity contribution in [3.63, 3.8) is 0 Å². The fourth-order valence-corrected chi connectivity index (χ4v) is 4.09. The highest BCUT2D eigenvalue weighted by Gasteiger charge is 2.33. The molecule has 0 spiro atoms. The first-order valence-corrected chi connectivity index (χ1v) is 8.41. The zero-order valence-corrected chi connectivity index (χ0v) is 12.8. The minimum atomic E-state index is 0.835. The molecule has 2 rings (SSSR count). The van der Waals surface area contributed by atoms with Crippen molar-refractivity contribution in [2.75, 3.05) is 0 Å². The van der Waals surface area contributed by atoms with Gasteiger partial charge in [0.05, 0.1) is 0 Å². The molecule has 0 aliphatic heterocycles. The summed E-state index contributed by atoms with van der Waals surface area (Å²) >= 11 is 0. The Balaban J connectivity index is 2.16. The maximum Gasteiger partial charge on any atom is -0.0105 e. The molecule has 1 aliphatic carbocycles. The molecule has 1 aromatic rings. The summed E-state index contributed by atoms with van der Waals surface area (Å²) in [5.41, 5.74) is 1.61. The van der Waals surface area contributed by atoms with Crippen LogP contribution in [0, 0.1) is 11.8 Å². The fourth-order valence-electron chi connectivity index (χ4n) is 4.09. The molecule has 3 atom stereocenters. The van der Waals surface area contributed by atoms with Crippen molar-refractivity contribution >= 4 is 0 Å². The lowest BCUT2D eigenvalue weighted by molar-refractivity contribution is 0.194. The summed E-state index contributed by atoms with van der Waals surface area (Å²) in [7, 11) is 0. The summed E-state index contributed by atoms with van der Waals surface area (Å²) in [6, 6.07) is 11.4. The smallest absolute Gasteiger partial charge is 0.0105 e. The Hall–Kier alpha value is -0.780. The maximum absolute atomic E-state index is 2.37. The largest absolute Gasteiger partial charge is 0.0654 e. The molecule has 0 heterocycles. The normalized spacial score (nSPS) is 27.4. The summed E-state index contributed by atoms with van der Waals surface area (Å²) in [5, 5.41) is 0. The first kappa shape index (κ1) is 14.6. The van der Waals surface area contributed by atoms with Crippen LogP contribution in [0.5, 0.6) is 0 Å². The van der Waals surface area contributed by atoms with Gasteiger partial charge in [-0.25, -0.2) is 0 Å². The van der Waals surface area contributed by atoms with Gasteiger partial charge in [0.1, 0.15) is 0 Å². The van der Waals surface area contributed by atoms with Crippen molar-refractivity contribution in [1.82, 2.24) is 0 Å². The molecule has 0 saturated heterocycles. The number of benzene rings is 1. The molecular weight excluding hydrogens is 228 g/mol. The molecule has 0 amide bonds. The summed E-state index contributed by atoms with van der Waals surface area (Å²) in [6.45, 7) is 4.67. The highest BCUT2D eigenvalue weighted by Crippen LogP contribution is 2.45. The molecule has 0 bridgehead atoms. The Morgan fingerprint density at radius 1 is 0.895 bits per heavy atom. The van der Waals surface area contributed by atoms with Crippen LogP contribution in [0.3, 0.4) is 0 Å². The predicted molar refractivity (Wildman–Crippen MR) is 84.4 cm³/mol. The zero-order chi connectivity index (χ0) is 13.5. The first-order chi connectivity index (χ1) is 9.36. The molecule has 19 heavy (non-hydrogen) atoms. The summed E-state index contributed by atoms with van der Waals surface area (Å²) in [5.74, 6) is 2.71. The average Bonchev–Trinajstić information content (AvgIpc) is 2.46. The third-order valence-corrected chi connectivity index (χ3v) is 4.94. The van der Waals surface area contributed by atoms with E-state index in [0.717, 1.165) is 17.8 Å². The van der Waals surface area contributed by atoms with Gasteiger partial charge in [-0.1, -0.05) is 76.3 Å². The van der Waals surface area contributed by atoms with Crippen molar-refractivity contribution in [3.8, 4) is 0 Å². The highest BCUT2D eigenvalue weighted by atomic mass is 14.4. The molecule has 1 fully saturated rings. The molecular formula is C19H30. The lowest BCUT2D eigenvalue weighted by Crippen LogP contribution is -2.26. The van der Waals surface area contributed by atoms with E-state index in [4.69, 9.17) is 0 Å². The summed E-state index contributed by atoms with van der Waals surface area (Å²) in [4.78, 5) is 0. The Morgan fingerprint density at radius 2 is 1.58 bits per heavy atom. The van der Waals surface area contributed by atoms with Gasteiger partial charge in [0, 0.05) is 0 Å². The molecule has 0 nitrogen and oxygen atoms in total. The maximum atomic E-state index is 2.37. The molecule has 0 heteroatoms. The highest BCUT2D eigenvalue weighted by molar-refractivity contribution is 5.22. The molecule has 0 radical (unpaired) electrons. The first-order valence-electron chi connectivity index (χ1n) is 8.41. The number of hydrogen-bond donors (Lipinski definition) is 0. The molecule has 1 saturated carbocycles. The number of unbranched alkanes of at least 4 members (excludes halogenated alkanes) is 1. The van der Waals surface area contributed by atoms with E-state index in [1.54, 1.807) is 5.56 Å². The van der Waals surface area contributed by atoms with Gasteiger partial charge < -0.3 is 0 Å². The average molecular weight is 258 g/mol. The molecule has 106 valence electrons. The van der Waals surface area contributed by atoms with Gasteiger partial charge in [-0.15, -0.1) is 0 Å². The molecule has 0 N–H and O–H groups in total. The zero-order valence-electron chi connectivity index (χ0n) is 12.8. The Bertz CT molecular complexity index is 338. The minimum Gasteiger partial charge on any atom is -0.0654 e. The van der Waals surface area contributed by atoms with Gasteiger partial charge in [0.25, 0.3) is 0 Å². The van der Waals surface area contributed by atoms with Crippen LogP contribution in [0.4, 0.5) is 0 Å². The number of rotatable bonds is 6. The lowest BCUT2D eigenvalue weighted by atomic mass is 9.66. The minimum absolute atomic E-state index is 0.835. The SMILES string of the molecule is CCCCC1CCCC(CCC)C1c1ccccc1. The van der Waals surface area contributed by atoms with Gasteiger partial charge in [0.2, 0.25) is 0 Å². The fraction of sp³-hybridized carbons (Fsp3) is 0.684.